The van der Waals surface area contributed by atoms with Gasteiger partial charge in [-0.05, 0) is 0 Å². The Kier molecular flexibility index (Phi) is 4.77. The third kappa shape index (κ3) is 6.29. The van der Waals surface area contributed by atoms with Crippen LogP contribution in [-0.4, -0.2) is 37.1 Å². The SMILES string of the molecule is CS(=O)(=O)[O-].C[N+]1(Cc2ccccc2)C=CN=C1. The lowest BCUT2D eigenvalue weighted by Crippen LogP contribution is -2.33. The van der Waals surface area contributed by atoms with E-state index < -0.39 is 10.1 Å². The fourth-order valence-electron chi connectivity index (χ4n) is 1.49. The molecule has 0 saturated heterocycles. The Bertz CT molecular complexity index is 516. The predicted molar refractivity (Wildman–Crippen MR) is 69.6 cm³/mol. The van der Waals surface area contributed by atoms with E-state index in [1.54, 1.807) is 0 Å². The molecule has 1 aliphatic rings. The van der Waals surface area contributed by atoms with E-state index in [1.807, 2.05) is 18.6 Å². The Morgan fingerprint density at radius 3 is 2.28 bits per heavy atom. The normalized spacial score (nSPS) is 21.5. The van der Waals surface area contributed by atoms with E-state index in [0.29, 0.717) is 6.26 Å². The van der Waals surface area contributed by atoms with Crippen LogP contribution in [0.1, 0.15) is 5.56 Å². The number of benzene rings is 1. The van der Waals surface area contributed by atoms with E-state index in [4.69, 9.17) is 13.0 Å². The van der Waals surface area contributed by atoms with Gasteiger partial charge in [-0.15, -0.1) is 0 Å². The van der Waals surface area contributed by atoms with Crippen LogP contribution >= 0.6 is 0 Å². The summed E-state index contributed by atoms with van der Waals surface area (Å²) >= 11 is 0. The van der Waals surface area contributed by atoms with Crippen LogP contribution in [0.3, 0.4) is 0 Å². The Hall–Kier alpha value is -1.50. The quantitative estimate of drug-likeness (QED) is 0.600. The van der Waals surface area contributed by atoms with Crippen LogP contribution < -0.4 is 0 Å². The maximum Gasteiger partial charge on any atom is 0.194 e. The average molecular weight is 268 g/mol. The largest absolute Gasteiger partial charge is 0.748 e. The number of hydrogen-bond donors (Lipinski definition) is 0. The van der Waals surface area contributed by atoms with Crippen molar-refractivity contribution in [2.75, 3.05) is 13.3 Å². The van der Waals surface area contributed by atoms with Gasteiger partial charge in [0.2, 0.25) is 0 Å². The molecule has 0 aromatic heterocycles. The van der Waals surface area contributed by atoms with Crippen molar-refractivity contribution < 1.29 is 17.5 Å². The van der Waals surface area contributed by atoms with Crippen LogP contribution in [0.5, 0.6) is 0 Å². The van der Waals surface area contributed by atoms with E-state index in [1.165, 1.54) is 5.56 Å². The van der Waals surface area contributed by atoms with Gasteiger partial charge in [0.15, 0.2) is 6.34 Å². The van der Waals surface area contributed by atoms with Gasteiger partial charge in [0.25, 0.3) is 0 Å². The molecule has 0 fully saturated rings. The number of hydrogen-bond acceptors (Lipinski definition) is 4. The molecule has 98 valence electrons. The van der Waals surface area contributed by atoms with Crippen molar-refractivity contribution in [1.82, 2.24) is 0 Å². The van der Waals surface area contributed by atoms with E-state index in [9.17, 15) is 0 Å². The summed E-state index contributed by atoms with van der Waals surface area (Å²) in [6, 6.07) is 10.5. The van der Waals surface area contributed by atoms with Gasteiger partial charge in [0.05, 0.1) is 23.4 Å². The maximum absolute atomic E-state index is 9.08. The minimum atomic E-state index is -3.92. The van der Waals surface area contributed by atoms with Gasteiger partial charge in [-0.2, -0.15) is 0 Å². The molecule has 1 unspecified atom stereocenters. The molecular formula is C12H16N2O3S. The summed E-state index contributed by atoms with van der Waals surface area (Å²) in [6.45, 7) is 0.973. The number of rotatable bonds is 2. The van der Waals surface area contributed by atoms with E-state index in [-0.39, 0.29) is 0 Å². The lowest BCUT2D eigenvalue weighted by molar-refractivity contribution is -0.771. The van der Waals surface area contributed by atoms with E-state index in [0.717, 1.165) is 11.0 Å². The molecular weight excluding hydrogens is 252 g/mol. The maximum atomic E-state index is 9.08. The first-order valence-electron chi connectivity index (χ1n) is 5.30. The molecule has 0 N–H and O–H groups in total. The molecule has 6 heteroatoms. The van der Waals surface area contributed by atoms with E-state index in [2.05, 4.69) is 42.5 Å². The second-order valence-corrected chi connectivity index (χ2v) is 5.67. The summed E-state index contributed by atoms with van der Waals surface area (Å²) in [6.07, 6.45) is 6.50. The molecule has 18 heavy (non-hydrogen) atoms. The number of aliphatic imine (C=N–C) groups is 1. The van der Waals surface area contributed by atoms with Gasteiger partial charge in [-0.1, -0.05) is 30.3 Å². The van der Waals surface area contributed by atoms with Crippen molar-refractivity contribution in [1.29, 1.82) is 0 Å². The highest BCUT2D eigenvalue weighted by Gasteiger charge is 2.19. The molecule has 1 aromatic rings. The molecule has 0 radical (unpaired) electrons. The summed E-state index contributed by atoms with van der Waals surface area (Å²) in [7, 11) is -1.78. The van der Waals surface area contributed by atoms with Crippen molar-refractivity contribution in [3.05, 3.63) is 48.3 Å². The summed E-state index contributed by atoms with van der Waals surface area (Å²) in [5, 5.41) is 0. The van der Waals surface area contributed by atoms with E-state index >= 15 is 0 Å². The van der Waals surface area contributed by atoms with Crippen LogP contribution in [0.2, 0.25) is 0 Å². The van der Waals surface area contributed by atoms with Gasteiger partial charge >= 0.3 is 0 Å². The highest BCUT2D eigenvalue weighted by Crippen LogP contribution is 2.13. The monoisotopic (exact) mass is 268 g/mol. The average Bonchev–Trinajstić information content (AvgIpc) is 2.64. The predicted octanol–water partition coefficient (Wildman–Crippen LogP) is 1.31. The smallest absolute Gasteiger partial charge is 0.194 e. The molecule has 0 bridgehead atoms. The Morgan fingerprint density at radius 1 is 1.28 bits per heavy atom. The Balaban J connectivity index is 0.000000280. The third-order valence-corrected chi connectivity index (χ3v) is 2.19. The van der Waals surface area contributed by atoms with Crippen molar-refractivity contribution in [3.8, 4) is 0 Å². The summed E-state index contributed by atoms with van der Waals surface area (Å²) in [5.41, 5.74) is 1.34. The van der Waals surface area contributed by atoms with Gasteiger partial charge in [0.1, 0.15) is 12.7 Å². The molecule has 1 atom stereocenters. The molecule has 0 aliphatic carbocycles. The van der Waals surface area contributed by atoms with Crippen molar-refractivity contribution in [3.63, 3.8) is 0 Å². The topological polar surface area (TPSA) is 69.6 Å². The number of nitrogens with zero attached hydrogens (tertiary/aromatic N) is 2. The standard InChI is InChI=1S/C11H13N2.CH4O3S/c1-13(8-7-12-10-13)9-11-5-3-2-4-6-11;1-5(2,3)4/h2-8,10H,9H2,1H3;1H3,(H,2,3,4)/q+1;/p-1. The molecule has 0 spiro atoms. The second kappa shape index (κ2) is 5.90. The van der Waals surface area contributed by atoms with Crippen LogP contribution in [0.15, 0.2) is 47.7 Å². The summed E-state index contributed by atoms with van der Waals surface area (Å²) < 4.78 is 28.0. The third-order valence-electron chi connectivity index (χ3n) is 2.19. The summed E-state index contributed by atoms with van der Waals surface area (Å²) in [5.74, 6) is 0. The molecule has 1 aromatic carbocycles. The molecule has 0 amide bonds. The highest BCUT2D eigenvalue weighted by molar-refractivity contribution is 7.84. The number of quaternary nitrogens is 1. The fourth-order valence-corrected chi connectivity index (χ4v) is 1.49. The lowest BCUT2D eigenvalue weighted by Gasteiger charge is -2.21. The van der Waals surface area contributed by atoms with Crippen LogP contribution in [0.4, 0.5) is 0 Å². The first kappa shape index (κ1) is 14.6. The van der Waals surface area contributed by atoms with Gasteiger partial charge in [-0.3, -0.25) is 4.48 Å². The first-order valence-corrected chi connectivity index (χ1v) is 7.12. The molecule has 0 saturated carbocycles. The zero-order chi connectivity index (χ0) is 13.6. The van der Waals surface area contributed by atoms with Crippen molar-refractivity contribution in [2.45, 2.75) is 6.54 Å². The molecule has 1 aliphatic heterocycles. The van der Waals surface area contributed by atoms with Crippen LogP contribution in [-0.2, 0) is 16.7 Å². The molecule has 5 nitrogen and oxygen atoms in total. The molecule has 1 heterocycles. The first-order chi connectivity index (χ1) is 8.29. The minimum Gasteiger partial charge on any atom is -0.748 e. The fraction of sp³-hybridized carbons (Fsp3) is 0.250. The highest BCUT2D eigenvalue weighted by atomic mass is 32.2. The van der Waals surface area contributed by atoms with Gasteiger partial charge < -0.3 is 4.55 Å². The summed E-state index contributed by atoms with van der Waals surface area (Å²) in [4.78, 5) is 4.10. The molecule has 2 rings (SSSR count). The second-order valence-electron chi connectivity index (χ2n) is 4.26. The minimum absolute atomic E-state index is 0.604. The zero-order valence-electron chi connectivity index (χ0n) is 10.4. The van der Waals surface area contributed by atoms with Gasteiger partial charge in [0, 0.05) is 11.8 Å². The van der Waals surface area contributed by atoms with Crippen LogP contribution in [0.25, 0.3) is 0 Å². The van der Waals surface area contributed by atoms with Crippen molar-refractivity contribution in [2.24, 2.45) is 4.99 Å². The van der Waals surface area contributed by atoms with Gasteiger partial charge in [-0.25, -0.2) is 13.4 Å². The van der Waals surface area contributed by atoms with Crippen molar-refractivity contribution >= 4 is 16.5 Å². The lowest BCUT2D eigenvalue weighted by atomic mass is 10.2. The van der Waals surface area contributed by atoms with Crippen LogP contribution in [0, 0.1) is 0 Å². The Labute approximate surface area is 107 Å². The Morgan fingerprint density at radius 2 is 1.83 bits per heavy atom. The zero-order valence-corrected chi connectivity index (χ0v) is 11.2.